The lowest BCUT2D eigenvalue weighted by Gasteiger charge is -2.21. The van der Waals surface area contributed by atoms with E-state index in [-0.39, 0.29) is 12.1 Å². The molecule has 10 nitrogen and oxygen atoms in total. The van der Waals surface area contributed by atoms with Crippen molar-refractivity contribution in [1.29, 1.82) is 0 Å². The largest absolute Gasteiger partial charge is 0.368 e. The predicted octanol–water partition coefficient (Wildman–Crippen LogP) is 2.94. The van der Waals surface area contributed by atoms with E-state index in [1.807, 2.05) is 31.2 Å². The smallest absolute Gasteiger partial charge is 0.317 e. The molecule has 1 unspecified atom stereocenters. The first-order valence-corrected chi connectivity index (χ1v) is 10.7. The molecular formula is C21H22ClN9O. The molecular weight excluding hydrogens is 430 g/mol. The summed E-state index contributed by atoms with van der Waals surface area (Å²) in [5, 5.41) is 15.4. The monoisotopic (exact) mass is 451 g/mol. The van der Waals surface area contributed by atoms with Gasteiger partial charge in [0.2, 0.25) is 5.95 Å². The highest BCUT2D eigenvalue weighted by Gasteiger charge is 2.20. The molecule has 4 heterocycles. The average Bonchev–Trinajstić information content (AvgIpc) is 3.43. The maximum absolute atomic E-state index is 11.8. The number of rotatable bonds is 7. The van der Waals surface area contributed by atoms with Gasteiger partial charge in [0.15, 0.2) is 5.65 Å². The Morgan fingerprint density at radius 3 is 3.03 bits per heavy atom. The lowest BCUT2D eigenvalue weighted by Crippen LogP contribution is -2.32. The number of amides is 2. The number of benzene rings is 1. The van der Waals surface area contributed by atoms with Crippen LogP contribution in [-0.4, -0.2) is 61.7 Å². The Labute approximate surface area is 189 Å². The fourth-order valence-electron chi connectivity index (χ4n) is 3.81. The molecule has 1 aliphatic rings. The number of urea groups is 1. The van der Waals surface area contributed by atoms with Gasteiger partial charge >= 0.3 is 6.03 Å². The molecule has 0 aliphatic carbocycles. The minimum Gasteiger partial charge on any atom is -0.368 e. The molecule has 3 aromatic heterocycles. The van der Waals surface area contributed by atoms with E-state index in [4.69, 9.17) is 16.6 Å². The molecule has 1 atom stereocenters. The van der Waals surface area contributed by atoms with Gasteiger partial charge in [-0.2, -0.15) is 9.61 Å². The van der Waals surface area contributed by atoms with Gasteiger partial charge in [-0.05, 0) is 19.1 Å². The average molecular weight is 452 g/mol. The molecule has 5 rings (SSSR count). The van der Waals surface area contributed by atoms with E-state index < -0.39 is 0 Å². The summed E-state index contributed by atoms with van der Waals surface area (Å²) in [6, 6.07) is 9.42. The maximum atomic E-state index is 11.8. The van der Waals surface area contributed by atoms with E-state index in [2.05, 4.69) is 37.1 Å². The first-order valence-electron chi connectivity index (χ1n) is 10.4. The van der Waals surface area contributed by atoms with Crippen LogP contribution in [0.3, 0.4) is 0 Å². The van der Waals surface area contributed by atoms with Gasteiger partial charge in [0, 0.05) is 43.2 Å². The van der Waals surface area contributed by atoms with Crippen LogP contribution < -0.4 is 16.0 Å². The number of hydrogen-bond acceptors (Lipinski definition) is 7. The van der Waals surface area contributed by atoms with Crippen molar-refractivity contribution in [3.05, 3.63) is 53.4 Å². The van der Waals surface area contributed by atoms with Crippen LogP contribution in [-0.2, 0) is 0 Å². The SMILES string of the molecule is CC(Nc1ncnc2ccnn12)c1cc2cccc(Cl)c2nc1NCCN1CCNC1=O. The van der Waals surface area contributed by atoms with E-state index in [9.17, 15) is 4.79 Å². The van der Waals surface area contributed by atoms with Crippen LogP contribution in [0, 0.1) is 0 Å². The molecule has 11 heteroatoms. The Bertz CT molecular complexity index is 1290. The second-order valence-corrected chi connectivity index (χ2v) is 7.96. The number of carbonyl (C=O) groups excluding carboxylic acids is 1. The Morgan fingerprint density at radius 2 is 2.19 bits per heavy atom. The standard InChI is InChI=1S/C21H22ClN9O/c1-13(28-20-26-12-25-17-5-6-27-31(17)20)15-11-14-3-2-4-16(22)18(14)29-19(15)23-7-9-30-10-8-24-21(30)32/h2-6,11-13H,7-10H2,1H3,(H,23,29)(H,24,32)(H,25,26,28). The van der Waals surface area contributed by atoms with Crippen molar-refractivity contribution in [2.45, 2.75) is 13.0 Å². The van der Waals surface area contributed by atoms with Gasteiger partial charge in [0.05, 0.1) is 22.8 Å². The number of nitrogens with one attached hydrogen (secondary N) is 3. The summed E-state index contributed by atoms with van der Waals surface area (Å²) < 4.78 is 1.65. The fraction of sp³-hybridized carbons (Fsp3) is 0.286. The van der Waals surface area contributed by atoms with Crippen molar-refractivity contribution in [3.63, 3.8) is 0 Å². The number of nitrogens with zero attached hydrogens (tertiary/aromatic N) is 6. The van der Waals surface area contributed by atoms with Gasteiger partial charge in [-0.25, -0.2) is 19.7 Å². The summed E-state index contributed by atoms with van der Waals surface area (Å²) in [4.78, 5) is 27.0. The molecule has 0 spiro atoms. The van der Waals surface area contributed by atoms with Gasteiger partial charge < -0.3 is 20.9 Å². The number of para-hydroxylation sites is 1. The Kier molecular flexibility index (Phi) is 5.36. The topological polar surface area (TPSA) is 112 Å². The van der Waals surface area contributed by atoms with Crippen LogP contribution in [0.15, 0.2) is 42.9 Å². The molecule has 32 heavy (non-hydrogen) atoms. The van der Waals surface area contributed by atoms with Gasteiger partial charge in [-0.1, -0.05) is 23.7 Å². The second-order valence-electron chi connectivity index (χ2n) is 7.55. The van der Waals surface area contributed by atoms with Crippen molar-refractivity contribution in [1.82, 2.24) is 34.8 Å². The van der Waals surface area contributed by atoms with Gasteiger partial charge in [-0.3, -0.25) is 0 Å². The summed E-state index contributed by atoms with van der Waals surface area (Å²) in [5.74, 6) is 1.29. The third-order valence-corrected chi connectivity index (χ3v) is 5.76. The summed E-state index contributed by atoms with van der Waals surface area (Å²) in [6.07, 6.45) is 3.19. The molecule has 4 aromatic rings. The molecule has 3 N–H and O–H groups in total. The summed E-state index contributed by atoms with van der Waals surface area (Å²) in [5.41, 5.74) is 2.38. The Hall–Kier alpha value is -3.66. The molecule has 2 amide bonds. The zero-order valence-electron chi connectivity index (χ0n) is 17.4. The molecule has 1 fully saturated rings. The summed E-state index contributed by atoms with van der Waals surface area (Å²) >= 11 is 6.40. The number of pyridine rings is 1. The second kappa shape index (κ2) is 8.46. The number of hydrogen-bond donors (Lipinski definition) is 3. The van der Waals surface area contributed by atoms with Crippen LogP contribution in [0.25, 0.3) is 16.6 Å². The zero-order chi connectivity index (χ0) is 22.1. The first kappa shape index (κ1) is 20.3. The summed E-state index contributed by atoms with van der Waals surface area (Å²) in [6.45, 7) is 4.55. The zero-order valence-corrected chi connectivity index (χ0v) is 18.2. The quantitative estimate of drug-likeness (QED) is 0.396. The van der Waals surface area contributed by atoms with Crippen LogP contribution in [0.4, 0.5) is 16.6 Å². The van der Waals surface area contributed by atoms with Gasteiger partial charge in [-0.15, -0.1) is 0 Å². The number of aromatic nitrogens is 5. The molecule has 1 aromatic carbocycles. The van der Waals surface area contributed by atoms with Gasteiger partial charge in [0.1, 0.15) is 12.1 Å². The van der Waals surface area contributed by atoms with Crippen molar-refractivity contribution < 1.29 is 4.79 Å². The lowest BCUT2D eigenvalue weighted by atomic mass is 10.1. The third kappa shape index (κ3) is 3.84. The van der Waals surface area contributed by atoms with Crippen molar-refractivity contribution in [2.75, 3.05) is 36.8 Å². The van der Waals surface area contributed by atoms with Crippen LogP contribution in [0.1, 0.15) is 18.5 Å². The fourth-order valence-corrected chi connectivity index (χ4v) is 4.03. The lowest BCUT2D eigenvalue weighted by molar-refractivity contribution is 0.219. The highest BCUT2D eigenvalue weighted by molar-refractivity contribution is 6.35. The minimum absolute atomic E-state index is 0.0384. The molecule has 164 valence electrons. The maximum Gasteiger partial charge on any atom is 0.317 e. The molecule has 0 saturated carbocycles. The van der Waals surface area contributed by atoms with Gasteiger partial charge in [0.25, 0.3) is 0 Å². The highest BCUT2D eigenvalue weighted by atomic mass is 35.5. The van der Waals surface area contributed by atoms with E-state index in [0.29, 0.717) is 48.6 Å². The Balaban J connectivity index is 1.45. The normalized spacial score (nSPS) is 14.7. The van der Waals surface area contributed by atoms with Crippen molar-refractivity contribution in [2.24, 2.45) is 0 Å². The van der Waals surface area contributed by atoms with E-state index >= 15 is 0 Å². The van der Waals surface area contributed by atoms with Crippen molar-refractivity contribution >= 4 is 45.9 Å². The van der Waals surface area contributed by atoms with Crippen LogP contribution >= 0.6 is 11.6 Å². The predicted molar refractivity (Wildman–Crippen MR) is 123 cm³/mol. The molecule has 0 radical (unpaired) electrons. The number of fused-ring (bicyclic) bond motifs is 2. The number of halogens is 1. The summed E-state index contributed by atoms with van der Waals surface area (Å²) in [7, 11) is 0. The van der Waals surface area contributed by atoms with Crippen molar-refractivity contribution in [3.8, 4) is 0 Å². The van der Waals surface area contributed by atoms with E-state index in [1.54, 1.807) is 15.6 Å². The first-order chi connectivity index (χ1) is 15.6. The van der Waals surface area contributed by atoms with Crippen LogP contribution in [0.2, 0.25) is 5.02 Å². The number of carbonyl (C=O) groups is 1. The van der Waals surface area contributed by atoms with E-state index in [1.165, 1.54) is 6.33 Å². The Morgan fingerprint density at radius 1 is 1.28 bits per heavy atom. The molecule has 0 bridgehead atoms. The highest BCUT2D eigenvalue weighted by Crippen LogP contribution is 2.30. The van der Waals surface area contributed by atoms with Crippen LogP contribution in [0.5, 0.6) is 0 Å². The number of anilines is 2. The van der Waals surface area contributed by atoms with E-state index in [0.717, 1.165) is 16.5 Å². The molecule has 1 saturated heterocycles. The minimum atomic E-state index is -0.147. The molecule has 1 aliphatic heterocycles. The third-order valence-electron chi connectivity index (χ3n) is 5.45.